The summed E-state index contributed by atoms with van der Waals surface area (Å²) in [5.74, 6) is 2.82. The van der Waals surface area contributed by atoms with Crippen LogP contribution >= 0.6 is 0 Å². The minimum Gasteiger partial charge on any atom is -0.470 e. The van der Waals surface area contributed by atoms with E-state index in [0.29, 0.717) is 41.9 Å². The van der Waals surface area contributed by atoms with E-state index in [0.717, 1.165) is 42.7 Å². The van der Waals surface area contributed by atoms with Crippen molar-refractivity contribution >= 4 is 5.65 Å². The molecular weight excluding hydrogens is 394 g/mol. The lowest BCUT2D eigenvalue weighted by atomic mass is 9.67. The maximum absolute atomic E-state index is 6.29. The zero-order valence-electron chi connectivity index (χ0n) is 17.8. The highest BCUT2D eigenvalue weighted by molar-refractivity contribution is 5.62. The third kappa shape index (κ3) is 2.90. The second-order valence-corrected chi connectivity index (χ2v) is 8.58. The maximum Gasteiger partial charge on any atom is 0.297 e. The number of aromatic nitrogens is 7. The Labute approximate surface area is 178 Å². The number of hydrogen-bond acceptors (Lipinski definition) is 8. The topological polar surface area (TPSA) is 104 Å². The van der Waals surface area contributed by atoms with E-state index >= 15 is 0 Å². The molecule has 1 saturated carbocycles. The van der Waals surface area contributed by atoms with Crippen molar-refractivity contribution in [1.82, 2.24) is 34.9 Å². The van der Waals surface area contributed by atoms with Gasteiger partial charge in [0.2, 0.25) is 11.7 Å². The van der Waals surface area contributed by atoms with Gasteiger partial charge in [-0.15, -0.1) is 15.3 Å². The van der Waals surface area contributed by atoms with E-state index in [2.05, 4.69) is 38.3 Å². The van der Waals surface area contributed by atoms with Gasteiger partial charge in [-0.05, 0) is 69.9 Å². The number of aryl methyl sites for hydroxylation is 3. The number of nitrogens with zero attached hydrogens (tertiary/aromatic N) is 7. The molecule has 9 nitrogen and oxygen atoms in total. The van der Waals surface area contributed by atoms with Crippen LogP contribution in [0.3, 0.4) is 0 Å². The molecule has 31 heavy (non-hydrogen) atoms. The van der Waals surface area contributed by atoms with Crippen LogP contribution in [-0.2, 0) is 6.61 Å². The van der Waals surface area contributed by atoms with E-state index in [1.165, 1.54) is 16.7 Å². The van der Waals surface area contributed by atoms with E-state index in [9.17, 15) is 0 Å². The first-order chi connectivity index (χ1) is 15.1. The molecule has 0 unspecified atom stereocenters. The fourth-order valence-electron chi connectivity index (χ4n) is 4.92. The summed E-state index contributed by atoms with van der Waals surface area (Å²) < 4.78 is 13.3. The highest BCUT2D eigenvalue weighted by atomic mass is 16.5. The number of pyridine rings is 1. The van der Waals surface area contributed by atoms with Gasteiger partial charge in [0.1, 0.15) is 6.61 Å². The smallest absolute Gasteiger partial charge is 0.297 e. The van der Waals surface area contributed by atoms with E-state index in [4.69, 9.17) is 14.4 Å². The lowest BCUT2D eigenvalue weighted by Crippen LogP contribution is -2.25. The molecule has 0 atom stereocenters. The van der Waals surface area contributed by atoms with Crippen LogP contribution in [0.2, 0.25) is 0 Å². The quantitative estimate of drug-likeness (QED) is 0.493. The van der Waals surface area contributed by atoms with Gasteiger partial charge in [-0.25, -0.2) is 0 Å². The molecule has 9 heteroatoms. The Morgan fingerprint density at radius 2 is 1.77 bits per heavy atom. The van der Waals surface area contributed by atoms with E-state index < -0.39 is 0 Å². The average molecular weight is 417 g/mol. The summed E-state index contributed by atoms with van der Waals surface area (Å²) in [4.78, 5) is 8.96. The van der Waals surface area contributed by atoms with Crippen LogP contribution in [0.1, 0.15) is 71.4 Å². The molecular formula is C22H23N7O2. The highest BCUT2D eigenvalue weighted by Crippen LogP contribution is 2.53. The first kappa shape index (κ1) is 18.4. The van der Waals surface area contributed by atoms with Gasteiger partial charge >= 0.3 is 0 Å². The van der Waals surface area contributed by atoms with Crippen molar-refractivity contribution in [2.75, 3.05) is 0 Å². The molecule has 7 rings (SSSR count). The molecule has 3 aliphatic carbocycles. The molecule has 0 amide bonds. The number of hydrogen-bond donors (Lipinski definition) is 0. The molecule has 0 aliphatic heterocycles. The lowest BCUT2D eigenvalue weighted by Gasteiger charge is -2.38. The van der Waals surface area contributed by atoms with Crippen LogP contribution in [0.4, 0.5) is 0 Å². The molecule has 1 fully saturated rings. The molecule has 0 radical (unpaired) electrons. The highest BCUT2D eigenvalue weighted by Gasteiger charge is 2.39. The minimum atomic E-state index is 0.306. The van der Waals surface area contributed by atoms with Crippen LogP contribution in [0.25, 0.3) is 17.4 Å². The zero-order valence-corrected chi connectivity index (χ0v) is 17.8. The number of rotatable bonds is 4. The van der Waals surface area contributed by atoms with E-state index in [-0.39, 0.29) is 0 Å². The molecule has 4 aromatic rings. The molecule has 0 N–H and O–H groups in total. The predicted molar refractivity (Wildman–Crippen MR) is 111 cm³/mol. The fraction of sp³-hybridized carbons (Fsp3) is 0.455. The van der Waals surface area contributed by atoms with Crippen molar-refractivity contribution in [2.45, 2.75) is 64.9 Å². The van der Waals surface area contributed by atoms with Gasteiger partial charge in [0.25, 0.3) is 5.89 Å². The molecule has 4 heterocycles. The summed E-state index contributed by atoms with van der Waals surface area (Å²) in [5, 5.41) is 17.5. The molecule has 4 aromatic heterocycles. The Kier molecular flexibility index (Phi) is 4.06. The minimum absolute atomic E-state index is 0.306. The lowest BCUT2D eigenvalue weighted by molar-refractivity contribution is 0.264. The van der Waals surface area contributed by atoms with Gasteiger partial charge in [0.15, 0.2) is 11.5 Å². The molecule has 0 aromatic carbocycles. The average Bonchev–Trinajstić information content (AvgIpc) is 3.41. The van der Waals surface area contributed by atoms with Gasteiger partial charge in [-0.3, -0.25) is 4.98 Å². The first-order valence-corrected chi connectivity index (χ1v) is 10.7. The van der Waals surface area contributed by atoms with Gasteiger partial charge in [0.05, 0.1) is 5.69 Å². The Balaban J connectivity index is 1.48. The molecule has 158 valence electrons. The third-order valence-corrected chi connectivity index (χ3v) is 6.62. The Morgan fingerprint density at radius 1 is 1.00 bits per heavy atom. The SMILES string of the molecule is Cc1noc(-c2nnc3c4c(c(OCc5ccc(C)c(C)n5)nn23)C2CCC4CC2)n1. The largest absolute Gasteiger partial charge is 0.470 e. The van der Waals surface area contributed by atoms with Gasteiger partial charge < -0.3 is 9.26 Å². The van der Waals surface area contributed by atoms with Crippen LogP contribution in [0.5, 0.6) is 5.88 Å². The summed E-state index contributed by atoms with van der Waals surface area (Å²) in [7, 11) is 0. The fourth-order valence-corrected chi connectivity index (χ4v) is 4.92. The summed E-state index contributed by atoms with van der Waals surface area (Å²) in [6.07, 6.45) is 4.66. The van der Waals surface area contributed by atoms with Crippen LogP contribution in [0.15, 0.2) is 16.7 Å². The Morgan fingerprint density at radius 3 is 2.48 bits per heavy atom. The standard InChI is InChI=1S/C22H23N7O2/c1-11-4-9-16(23-12(11)2)10-30-21-18-15-7-5-14(6-8-15)17(18)19-25-26-20(29(19)27-21)22-24-13(3)28-31-22/h4,9,14-15H,5-8,10H2,1-3H3. The maximum atomic E-state index is 6.29. The molecule has 0 spiro atoms. The normalized spacial score (nSPS) is 19.7. The molecule has 3 aliphatic rings. The van der Waals surface area contributed by atoms with Crippen molar-refractivity contribution in [1.29, 1.82) is 0 Å². The number of fused-ring (bicyclic) bond motifs is 3. The van der Waals surface area contributed by atoms with Crippen LogP contribution in [-0.4, -0.2) is 34.9 Å². The van der Waals surface area contributed by atoms with Gasteiger partial charge in [-0.2, -0.15) is 9.50 Å². The first-order valence-electron chi connectivity index (χ1n) is 10.7. The third-order valence-electron chi connectivity index (χ3n) is 6.62. The van der Waals surface area contributed by atoms with Gasteiger partial charge in [-0.1, -0.05) is 11.2 Å². The Bertz CT molecular complexity index is 1300. The van der Waals surface area contributed by atoms with Crippen molar-refractivity contribution < 1.29 is 9.26 Å². The monoisotopic (exact) mass is 417 g/mol. The summed E-state index contributed by atoms with van der Waals surface area (Å²) in [6, 6.07) is 4.08. The van der Waals surface area contributed by atoms with Gasteiger partial charge in [0, 0.05) is 16.8 Å². The predicted octanol–water partition coefficient (Wildman–Crippen LogP) is 3.83. The molecule has 0 saturated heterocycles. The van der Waals surface area contributed by atoms with Crippen LogP contribution in [0, 0.1) is 20.8 Å². The summed E-state index contributed by atoms with van der Waals surface area (Å²) >= 11 is 0. The second-order valence-electron chi connectivity index (χ2n) is 8.58. The van der Waals surface area contributed by atoms with E-state index in [1.54, 1.807) is 11.4 Å². The summed E-state index contributed by atoms with van der Waals surface area (Å²) in [6.45, 7) is 6.21. The van der Waals surface area contributed by atoms with E-state index in [1.807, 2.05) is 13.0 Å². The van der Waals surface area contributed by atoms with Crippen molar-refractivity contribution in [2.24, 2.45) is 0 Å². The van der Waals surface area contributed by atoms with Crippen molar-refractivity contribution in [3.8, 4) is 17.6 Å². The summed E-state index contributed by atoms with van der Waals surface area (Å²) in [5.41, 5.74) is 6.25. The second kappa shape index (κ2) is 6.83. The number of ether oxygens (including phenoxy) is 1. The van der Waals surface area contributed by atoms with Crippen LogP contribution < -0.4 is 4.74 Å². The van der Waals surface area contributed by atoms with Crippen molar-refractivity contribution in [3.63, 3.8) is 0 Å². The Hall–Kier alpha value is -3.36. The van der Waals surface area contributed by atoms with Crippen molar-refractivity contribution in [3.05, 3.63) is 46.0 Å². The molecule has 2 bridgehead atoms. The zero-order chi connectivity index (χ0) is 21.1.